The van der Waals surface area contributed by atoms with Crippen LogP contribution < -0.4 is 0 Å². The second-order valence-corrected chi connectivity index (χ2v) is 7.68. The van der Waals surface area contributed by atoms with Crippen molar-refractivity contribution < 1.29 is 17.6 Å². The van der Waals surface area contributed by atoms with Gasteiger partial charge >= 0.3 is 6.05 Å². The molecule has 8 heteroatoms. The van der Waals surface area contributed by atoms with E-state index in [9.17, 15) is 13.2 Å². The molecule has 26 heavy (non-hydrogen) atoms. The smallest absolute Gasteiger partial charge is 0.217 e. The zero-order valence-electron chi connectivity index (χ0n) is 13.0. The molecule has 1 atom stereocenters. The Balaban J connectivity index is 1.72. The van der Waals surface area contributed by atoms with Gasteiger partial charge in [0.1, 0.15) is 5.04 Å². The number of aromatic nitrogens is 1. The van der Waals surface area contributed by atoms with Gasteiger partial charge in [-0.05, 0) is 17.3 Å². The molecular weight excluding hydrogens is 384 g/mol. The van der Waals surface area contributed by atoms with Crippen LogP contribution in [-0.4, -0.2) is 16.1 Å². The number of halogens is 4. The lowest BCUT2D eigenvalue weighted by Crippen LogP contribution is -2.33. The van der Waals surface area contributed by atoms with Crippen molar-refractivity contribution in [1.29, 1.82) is 0 Å². The minimum Gasteiger partial charge on any atom is -0.217 e. The minimum absolute atomic E-state index is 0.0681. The number of alkyl halides is 3. The molecule has 0 N–H and O–H groups in total. The molecule has 0 radical (unpaired) electrons. The van der Waals surface area contributed by atoms with Crippen molar-refractivity contribution >= 4 is 28.1 Å². The van der Waals surface area contributed by atoms with E-state index in [1.807, 2.05) is 0 Å². The second kappa shape index (κ2) is 6.21. The Morgan fingerprint density at radius 3 is 2.12 bits per heavy atom. The number of thiazole rings is 1. The van der Waals surface area contributed by atoms with E-state index < -0.39 is 17.0 Å². The summed E-state index contributed by atoms with van der Waals surface area (Å²) in [5, 5.41) is -3.44. The molecule has 4 rings (SSSR count). The molecule has 0 bridgehead atoms. The van der Waals surface area contributed by atoms with E-state index in [0.717, 1.165) is 11.3 Å². The van der Waals surface area contributed by atoms with Crippen LogP contribution in [-0.2, 0) is 5.00 Å². The molecule has 0 fully saturated rings. The molecule has 1 aliphatic rings. The van der Waals surface area contributed by atoms with Crippen LogP contribution in [0.25, 0.3) is 10.4 Å². The number of thioether (sulfide) groups is 1. The first-order valence-corrected chi connectivity index (χ1v) is 9.17. The Bertz CT molecular complexity index is 973. The maximum absolute atomic E-state index is 15.2. The van der Waals surface area contributed by atoms with E-state index in [0.29, 0.717) is 5.56 Å². The number of hydrogen-bond acceptors (Lipinski definition) is 4. The first-order valence-electron chi connectivity index (χ1n) is 7.54. The average Bonchev–Trinajstić information content (AvgIpc) is 3.15. The molecular formula is C18H10F4N2S2. The molecule has 2 aromatic carbocycles. The van der Waals surface area contributed by atoms with Crippen molar-refractivity contribution in [2.24, 2.45) is 4.99 Å². The Labute approximate surface area is 154 Å². The summed E-state index contributed by atoms with van der Waals surface area (Å²) in [6.07, 6.45) is 0. The zero-order valence-corrected chi connectivity index (χ0v) is 14.6. The molecule has 132 valence electrons. The summed E-state index contributed by atoms with van der Waals surface area (Å²) >= 11 is 1.13. The fraction of sp³-hybridized carbons (Fsp3) is 0.111. The number of hydrogen-bond donors (Lipinski definition) is 0. The van der Waals surface area contributed by atoms with Crippen LogP contribution in [0.3, 0.4) is 0 Å². The second-order valence-electron chi connectivity index (χ2n) is 5.53. The molecule has 0 aliphatic carbocycles. The van der Waals surface area contributed by atoms with Crippen molar-refractivity contribution in [3.63, 3.8) is 0 Å². The summed E-state index contributed by atoms with van der Waals surface area (Å²) in [7, 11) is 0. The quantitative estimate of drug-likeness (QED) is 0.411. The van der Waals surface area contributed by atoms with Gasteiger partial charge in [-0.1, -0.05) is 60.7 Å². The molecule has 3 aromatic rings. The molecule has 0 saturated carbocycles. The van der Waals surface area contributed by atoms with Crippen LogP contribution >= 0.6 is 23.1 Å². The van der Waals surface area contributed by atoms with Gasteiger partial charge in [-0.25, -0.2) is 14.4 Å². The predicted octanol–water partition coefficient (Wildman–Crippen LogP) is 5.86. The lowest BCUT2D eigenvalue weighted by atomic mass is 10.1. The third-order valence-corrected chi connectivity index (χ3v) is 6.27. The van der Waals surface area contributed by atoms with E-state index in [1.54, 1.807) is 36.4 Å². The highest BCUT2D eigenvalue weighted by Gasteiger charge is 2.62. The number of aliphatic imine (C=N–C) groups is 1. The highest BCUT2D eigenvalue weighted by Crippen LogP contribution is 2.57. The Kier molecular flexibility index (Phi) is 4.11. The third kappa shape index (κ3) is 2.73. The SMILES string of the molecule is Fc1nc(C2=NC(F)(F)C(F)(c3ccccc3)S2)sc1-c1ccccc1. The van der Waals surface area contributed by atoms with Gasteiger partial charge in [-0.15, -0.1) is 11.3 Å². The lowest BCUT2D eigenvalue weighted by Gasteiger charge is -2.24. The molecule has 2 nitrogen and oxygen atoms in total. The summed E-state index contributed by atoms with van der Waals surface area (Å²) in [5.74, 6) is -0.793. The maximum atomic E-state index is 15.2. The number of benzene rings is 2. The molecule has 1 aromatic heterocycles. The molecule has 0 amide bonds. The van der Waals surface area contributed by atoms with Crippen molar-refractivity contribution in [3.05, 3.63) is 77.2 Å². The lowest BCUT2D eigenvalue weighted by molar-refractivity contribution is -0.0815. The largest absolute Gasteiger partial charge is 0.391 e. The van der Waals surface area contributed by atoms with E-state index in [1.165, 1.54) is 24.3 Å². The number of rotatable bonds is 3. The van der Waals surface area contributed by atoms with Gasteiger partial charge in [0.25, 0.3) is 5.00 Å². The van der Waals surface area contributed by atoms with Crippen LogP contribution in [0.1, 0.15) is 10.6 Å². The van der Waals surface area contributed by atoms with Gasteiger partial charge < -0.3 is 0 Å². The maximum Gasteiger partial charge on any atom is 0.391 e. The van der Waals surface area contributed by atoms with E-state index in [4.69, 9.17) is 0 Å². The fourth-order valence-electron chi connectivity index (χ4n) is 2.55. The van der Waals surface area contributed by atoms with Crippen molar-refractivity contribution in [2.45, 2.75) is 11.0 Å². The van der Waals surface area contributed by atoms with Gasteiger partial charge in [-0.3, -0.25) is 0 Å². The zero-order chi connectivity index (χ0) is 18.4. The molecule has 2 heterocycles. The van der Waals surface area contributed by atoms with Gasteiger partial charge in [0, 0.05) is 5.56 Å². The first kappa shape index (κ1) is 17.2. The summed E-state index contributed by atoms with van der Waals surface area (Å²) in [4.78, 5) is 7.11. The minimum atomic E-state index is -3.98. The van der Waals surface area contributed by atoms with Crippen molar-refractivity contribution in [2.75, 3.05) is 0 Å². The van der Waals surface area contributed by atoms with Gasteiger partial charge in [0.15, 0.2) is 5.01 Å². The van der Waals surface area contributed by atoms with Crippen LogP contribution in [0.5, 0.6) is 0 Å². The highest BCUT2D eigenvalue weighted by atomic mass is 32.2. The van der Waals surface area contributed by atoms with E-state index in [2.05, 4.69) is 9.98 Å². The summed E-state index contributed by atoms with van der Waals surface area (Å²) in [5.41, 5.74) is 0.368. The fourth-order valence-corrected chi connectivity index (χ4v) is 4.62. The number of nitrogens with zero attached hydrogens (tertiary/aromatic N) is 2. The van der Waals surface area contributed by atoms with Crippen LogP contribution in [0.4, 0.5) is 17.6 Å². The summed E-state index contributed by atoms with van der Waals surface area (Å²) < 4.78 is 58.1. The van der Waals surface area contributed by atoms with Crippen molar-refractivity contribution in [1.82, 2.24) is 4.98 Å². The predicted molar refractivity (Wildman–Crippen MR) is 95.8 cm³/mol. The third-order valence-electron chi connectivity index (χ3n) is 3.82. The normalized spacial score (nSPS) is 21.6. The van der Waals surface area contributed by atoms with Crippen LogP contribution in [0.15, 0.2) is 65.7 Å². The Hall–Kier alpha value is -2.19. The topological polar surface area (TPSA) is 25.2 Å². The standard InChI is InChI=1S/C18H10F4N2S2/c19-14-13(11-7-3-1-4-8-11)25-15(23-14)16-24-18(21,22)17(20,26-16)12-9-5-2-6-10-12/h1-10H. The summed E-state index contributed by atoms with van der Waals surface area (Å²) in [6.45, 7) is 0. The Morgan fingerprint density at radius 2 is 1.46 bits per heavy atom. The van der Waals surface area contributed by atoms with E-state index in [-0.39, 0.29) is 32.3 Å². The summed E-state index contributed by atoms with van der Waals surface area (Å²) in [6, 6.07) is 11.7. The van der Waals surface area contributed by atoms with Crippen LogP contribution in [0.2, 0.25) is 0 Å². The van der Waals surface area contributed by atoms with Gasteiger partial charge in [0.2, 0.25) is 5.95 Å². The van der Waals surface area contributed by atoms with Crippen LogP contribution in [0, 0.1) is 5.95 Å². The molecule has 1 unspecified atom stereocenters. The van der Waals surface area contributed by atoms with E-state index >= 15 is 4.39 Å². The average molecular weight is 394 g/mol. The Morgan fingerprint density at radius 1 is 0.846 bits per heavy atom. The molecule has 0 spiro atoms. The van der Waals surface area contributed by atoms with Gasteiger partial charge in [0.05, 0.1) is 4.88 Å². The van der Waals surface area contributed by atoms with Gasteiger partial charge in [-0.2, -0.15) is 13.2 Å². The van der Waals surface area contributed by atoms with Crippen molar-refractivity contribution in [3.8, 4) is 10.4 Å². The molecule has 1 aliphatic heterocycles. The highest BCUT2D eigenvalue weighted by molar-refractivity contribution is 8.15. The molecule has 0 saturated heterocycles. The first-order chi connectivity index (χ1) is 12.4. The monoisotopic (exact) mass is 394 g/mol.